The highest BCUT2D eigenvalue weighted by atomic mass is 32.2. The maximum Gasteiger partial charge on any atom is 0.205 e. The van der Waals surface area contributed by atoms with E-state index in [1.165, 1.54) is 0 Å². The van der Waals surface area contributed by atoms with Crippen molar-refractivity contribution in [3.05, 3.63) is 65.5 Å². The summed E-state index contributed by atoms with van der Waals surface area (Å²) in [5.74, 6) is 0.611. The van der Waals surface area contributed by atoms with E-state index in [1.54, 1.807) is 48.7 Å². The molecule has 1 N–H and O–H groups in total. The zero-order valence-corrected chi connectivity index (χ0v) is 12.2. The number of furan rings is 1. The summed E-state index contributed by atoms with van der Waals surface area (Å²) in [5, 5.41) is 10.1. The molecule has 0 amide bonds. The second kappa shape index (κ2) is 5.50. The third-order valence-corrected chi connectivity index (χ3v) is 5.64. The summed E-state index contributed by atoms with van der Waals surface area (Å²) in [6, 6.07) is 11.8. The summed E-state index contributed by atoms with van der Waals surface area (Å²) in [4.78, 5) is 0.275. The molecule has 0 bridgehead atoms. The first kappa shape index (κ1) is 14.1. The largest absolute Gasteiger partial charge is 0.469 e. The van der Waals surface area contributed by atoms with E-state index in [1.807, 2.05) is 6.07 Å². The van der Waals surface area contributed by atoms with Crippen molar-refractivity contribution < 1.29 is 17.9 Å². The predicted octanol–water partition coefficient (Wildman–Crippen LogP) is 2.88. The normalized spacial score (nSPS) is 22.8. The van der Waals surface area contributed by atoms with Crippen LogP contribution in [0.1, 0.15) is 24.5 Å². The highest BCUT2D eigenvalue weighted by Crippen LogP contribution is 2.35. The lowest BCUT2D eigenvalue weighted by Crippen LogP contribution is -2.24. The molecule has 0 unspecified atom stereocenters. The van der Waals surface area contributed by atoms with Gasteiger partial charge in [-0.3, -0.25) is 0 Å². The summed E-state index contributed by atoms with van der Waals surface area (Å²) in [5.41, 5.74) is 0. The van der Waals surface area contributed by atoms with Crippen LogP contribution in [0.3, 0.4) is 0 Å². The van der Waals surface area contributed by atoms with Crippen molar-refractivity contribution in [2.45, 2.75) is 29.8 Å². The van der Waals surface area contributed by atoms with Gasteiger partial charge in [-0.15, -0.1) is 0 Å². The Kier molecular flexibility index (Phi) is 3.69. The first-order chi connectivity index (χ1) is 10.1. The molecule has 1 aliphatic rings. The molecule has 5 heteroatoms. The van der Waals surface area contributed by atoms with Crippen molar-refractivity contribution in [2.24, 2.45) is 0 Å². The van der Waals surface area contributed by atoms with E-state index >= 15 is 0 Å². The topological polar surface area (TPSA) is 67.5 Å². The van der Waals surface area contributed by atoms with Crippen molar-refractivity contribution in [1.82, 2.24) is 0 Å². The van der Waals surface area contributed by atoms with E-state index in [9.17, 15) is 13.5 Å². The summed E-state index contributed by atoms with van der Waals surface area (Å²) in [7, 11) is -3.67. The van der Waals surface area contributed by atoms with Crippen LogP contribution in [0.25, 0.3) is 0 Å². The zero-order chi connectivity index (χ0) is 14.9. The van der Waals surface area contributed by atoms with Crippen LogP contribution >= 0.6 is 0 Å². The molecule has 1 aromatic heterocycles. The molecule has 0 saturated carbocycles. The predicted molar refractivity (Wildman–Crippen MR) is 78.4 cm³/mol. The monoisotopic (exact) mass is 304 g/mol. The maximum atomic E-state index is 12.7. The van der Waals surface area contributed by atoms with Gasteiger partial charge in [0.05, 0.1) is 22.2 Å². The maximum absolute atomic E-state index is 12.7. The van der Waals surface area contributed by atoms with Crippen molar-refractivity contribution in [3.63, 3.8) is 0 Å². The molecule has 1 aromatic carbocycles. The van der Waals surface area contributed by atoms with E-state index < -0.39 is 15.9 Å². The minimum absolute atomic E-state index is 0.0707. The van der Waals surface area contributed by atoms with Crippen LogP contribution in [0.15, 0.2) is 69.0 Å². The van der Waals surface area contributed by atoms with Gasteiger partial charge in [0, 0.05) is 5.92 Å². The average Bonchev–Trinajstić information content (AvgIpc) is 3.03. The van der Waals surface area contributed by atoms with E-state index in [4.69, 9.17) is 4.42 Å². The van der Waals surface area contributed by atoms with E-state index in [0.29, 0.717) is 12.8 Å². The fraction of sp³-hybridized carbons (Fsp3) is 0.250. The molecule has 1 aliphatic carbocycles. The molecule has 21 heavy (non-hydrogen) atoms. The van der Waals surface area contributed by atoms with Crippen molar-refractivity contribution in [2.75, 3.05) is 0 Å². The molecule has 0 radical (unpaired) electrons. The van der Waals surface area contributed by atoms with Crippen molar-refractivity contribution in [1.29, 1.82) is 0 Å². The average molecular weight is 304 g/mol. The van der Waals surface area contributed by atoms with Gasteiger partial charge in [0.1, 0.15) is 5.76 Å². The minimum atomic E-state index is -3.67. The Morgan fingerprint density at radius 3 is 2.48 bits per heavy atom. The molecule has 2 atom stereocenters. The lowest BCUT2D eigenvalue weighted by molar-refractivity contribution is 0.193. The Balaban J connectivity index is 2.03. The fourth-order valence-corrected chi connectivity index (χ4v) is 4.21. The standard InChI is InChI=1S/C16H16O4S/c17-14-9-8-12(15-7-4-10-20-15)11-16(14)21(18,19)13-5-2-1-3-6-13/h1-7,10-12,14,17H,8-9H2/t12-,14-/m1/s1. The molecule has 0 saturated heterocycles. The Morgan fingerprint density at radius 1 is 1.05 bits per heavy atom. The molecular weight excluding hydrogens is 288 g/mol. The lowest BCUT2D eigenvalue weighted by Gasteiger charge is -2.24. The minimum Gasteiger partial charge on any atom is -0.469 e. The quantitative estimate of drug-likeness (QED) is 0.946. The van der Waals surface area contributed by atoms with Crippen LogP contribution in [-0.2, 0) is 9.84 Å². The smallest absolute Gasteiger partial charge is 0.205 e. The molecule has 1 heterocycles. The SMILES string of the molecule is O=S(=O)(C1=C[C@H](c2ccco2)CC[C@H]1O)c1ccccc1. The molecule has 0 aliphatic heterocycles. The van der Waals surface area contributed by atoms with Gasteiger partial charge in [0.25, 0.3) is 0 Å². The Bertz CT molecular complexity index is 730. The second-order valence-electron chi connectivity index (χ2n) is 5.10. The van der Waals surface area contributed by atoms with Gasteiger partial charge in [0.15, 0.2) is 0 Å². The van der Waals surface area contributed by atoms with Crippen LogP contribution in [0.5, 0.6) is 0 Å². The third kappa shape index (κ3) is 2.66. The fourth-order valence-electron chi connectivity index (χ4n) is 2.60. The first-order valence-corrected chi connectivity index (χ1v) is 8.30. The number of allylic oxidation sites excluding steroid dienone is 1. The molecular formula is C16H16O4S. The van der Waals surface area contributed by atoms with E-state index in [0.717, 1.165) is 5.76 Å². The number of hydrogen-bond acceptors (Lipinski definition) is 4. The summed E-state index contributed by atoms with van der Waals surface area (Å²) < 4.78 is 30.7. The Morgan fingerprint density at radius 2 is 1.81 bits per heavy atom. The van der Waals surface area contributed by atoms with Crippen LogP contribution < -0.4 is 0 Å². The van der Waals surface area contributed by atoms with E-state index in [2.05, 4.69) is 0 Å². The molecule has 0 spiro atoms. The number of aliphatic hydroxyl groups excluding tert-OH is 1. The van der Waals surface area contributed by atoms with Gasteiger partial charge in [0.2, 0.25) is 9.84 Å². The van der Waals surface area contributed by atoms with Crippen LogP contribution in [-0.4, -0.2) is 19.6 Å². The van der Waals surface area contributed by atoms with Gasteiger partial charge < -0.3 is 9.52 Å². The highest BCUT2D eigenvalue weighted by molar-refractivity contribution is 7.95. The number of sulfone groups is 1. The van der Waals surface area contributed by atoms with Gasteiger partial charge in [-0.2, -0.15) is 0 Å². The van der Waals surface area contributed by atoms with Crippen LogP contribution in [0.2, 0.25) is 0 Å². The number of aliphatic hydroxyl groups is 1. The Hall–Kier alpha value is -1.85. The second-order valence-corrected chi connectivity index (χ2v) is 7.05. The first-order valence-electron chi connectivity index (χ1n) is 6.82. The highest BCUT2D eigenvalue weighted by Gasteiger charge is 2.32. The zero-order valence-electron chi connectivity index (χ0n) is 11.3. The molecule has 2 aromatic rings. The summed E-state index contributed by atoms with van der Waals surface area (Å²) in [6.07, 6.45) is 3.31. The van der Waals surface area contributed by atoms with Crippen molar-refractivity contribution in [3.8, 4) is 0 Å². The van der Waals surface area contributed by atoms with Crippen LogP contribution in [0.4, 0.5) is 0 Å². The number of benzene rings is 1. The van der Waals surface area contributed by atoms with Crippen molar-refractivity contribution >= 4 is 9.84 Å². The van der Waals surface area contributed by atoms with Crippen LogP contribution in [0, 0.1) is 0 Å². The molecule has 3 rings (SSSR count). The Labute approximate surface area is 123 Å². The van der Waals surface area contributed by atoms with Gasteiger partial charge >= 0.3 is 0 Å². The van der Waals surface area contributed by atoms with Gasteiger partial charge in [-0.05, 0) is 37.1 Å². The number of rotatable bonds is 3. The molecule has 0 fully saturated rings. The molecule has 4 nitrogen and oxygen atoms in total. The lowest BCUT2D eigenvalue weighted by atomic mass is 9.92. The van der Waals surface area contributed by atoms with Gasteiger partial charge in [-0.25, -0.2) is 8.42 Å². The summed E-state index contributed by atoms with van der Waals surface area (Å²) in [6.45, 7) is 0. The molecule has 110 valence electrons. The van der Waals surface area contributed by atoms with Gasteiger partial charge in [-0.1, -0.05) is 24.3 Å². The summed E-state index contributed by atoms with van der Waals surface area (Å²) >= 11 is 0. The van der Waals surface area contributed by atoms with E-state index in [-0.39, 0.29) is 15.7 Å². The third-order valence-electron chi connectivity index (χ3n) is 3.72. The number of hydrogen-bond donors (Lipinski definition) is 1.